The van der Waals surface area contributed by atoms with Gasteiger partial charge in [-0.3, -0.25) is 4.79 Å². The third-order valence-electron chi connectivity index (χ3n) is 2.74. The van der Waals surface area contributed by atoms with Gasteiger partial charge in [0.15, 0.2) is 0 Å². The van der Waals surface area contributed by atoms with E-state index < -0.39 is 12.0 Å². The lowest BCUT2D eigenvalue weighted by Gasteiger charge is -2.20. The van der Waals surface area contributed by atoms with Crippen LogP contribution < -0.4 is 5.32 Å². The summed E-state index contributed by atoms with van der Waals surface area (Å²) in [5, 5.41) is 11.3. The summed E-state index contributed by atoms with van der Waals surface area (Å²) in [7, 11) is 0. The van der Waals surface area contributed by atoms with Gasteiger partial charge in [-0.05, 0) is 23.6 Å². The Morgan fingerprint density at radius 1 is 1.30 bits per heavy atom. The van der Waals surface area contributed by atoms with Crippen molar-refractivity contribution in [1.29, 1.82) is 5.26 Å². The summed E-state index contributed by atoms with van der Waals surface area (Å²) >= 11 is 0. The summed E-state index contributed by atoms with van der Waals surface area (Å²) < 4.78 is 5.19. The number of hydrogen-bond acceptors (Lipinski definition) is 4. The second-order valence-corrected chi connectivity index (χ2v) is 4.84. The Kier molecular flexibility index (Phi) is 5.73. The van der Waals surface area contributed by atoms with Gasteiger partial charge < -0.3 is 10.1 Å². The van der Waals surface area contributed by atoms with Crippen LogP contribution in [0.3, 0.4) is 0 Å². The van der Waals surface area contributed by atoms with Crippen molar-refractivity contribution in [3.63, 3.8) is 0 Å². The minimum absolute atomic E-state index is 0.0487. The van der Waals surface area contributed by atoms with Crippen molar-refractivity contribution in [3.05, 3.63) is 35.4 Å². The maximum Gasteiger partial charge on any atom is 0.329 e. The van der Waals surface area contributed by atoms with E-state index in [9.17, 15) is 9.59 Å². The van der Waals surface area contributed by atoms with Gasteiger partial charge >= 0.3 is 5.97 Å². The van der Waals surface area contributed by atoms with Crippen LogP contribution in [0, 0.1) is 17.2 Å². The van der Waals surface area contributed by atoms with Crippen LogP contribution in [0.25, 0.3) is 0 Å². The average molecular weight is 274 g/mol. The quantitative estimate of drug-likeness (QED) is 0.830. The summed E-state index contributed by atoms with van der Waals surface area (Å²) in [6, 6.07) is 8.16. The number of ether oxygens (including phenoxy) is 1. The first-order valence-electron chi connectivity index (χ1n) is 6.36. The fourth-order valence-corrected chi connectivity index (χ4v) is 1.64. The molecule has 0 radical (unpaired) electrons. The van der Waals surface area contributed by atoms with Gasteiger partial charge in [-0.25, -0.2) is 4.79 Å². The number of nitrogens with zero attached hydrogens (tertiary/aromatic N) is 1. The molecule has 0 saturated heterocycles. The molecule has 1 N–H and O–H groups in total. The Bertz CT molecular complexity index is 515. The number of amides is 1. The number of rotatable bonds is 5. The molecule has 106 valence electrons. The normalized spacial score (nSPS) is 11.6. The second-order valence-electron chi connectivity index (χ2n) is 4.84. The molecule has 0 saturated carbocycles. The second kappa shape index (κ2) is 7.29. The molecule has 20 heavy (non-hydrogen) atoms. The standard InChI is InChI=1S/C15H18N2O3/c1-10(2)14(17-11(3)18)15(19)20-9-13-6-4-12(8-16)5-7-13/h4-7,10,14H,9H2,1-3H3,(H,17,18)/t14-/m0/s1. The first kappa shape index (κ1) is 15.7. The summed E-state index contributed by atoms with van der Waals surface area (Å²) in [6.45, 7) is 5.16. The highest BCUT2D eigenvalue weighted by Gasteiger charge is 2.24. The van der Waals surface area contributed by atoms with Crippen molar-refractivity contribution < 1.29 is 14.3 Å². The number of carbonyl (C=O) groups excluding carboxylic acids is 2. The molecule has 1 aromatic carbocycles. The molecular weight excluding hydrogens is 256 g/mol. The predicted molar refractivity (Wildman–Crippen MR) is 73.4 cm³/mol. The van der Waals surface area contributed by atoms with Crippen LogP contribution in [0.4, 0.5) is 0 Å². The fraction of sp³-hybridized carbons (Fsp3) is 0.400. The lowest BCUT2D eigenvalue weighted by molar-refractivity contribution is -0.150. The third kappa shape index (κ3) is 4.73. The molecule has 0 aliphatic rings. The minimum atomic E-state index is -0.647. The zero-order chi connectivity index (χ0) is 15.1. The van der Waals surface area contributed by atoms with Crippen LogP contribution in [0.1, 0.15) is 31.9 Å². The molecule has 0 spiro atoms. The minimum Gasteiger partial charge on any atom is -0.459 e. The Labute approximate surface area is 118 Å². The molecular formula is C15H18N2O3. The summed E-state index contributed by atoms with van der Waals surface area (Å²) in [5.41, 5.74) is 1.35. The van der Waals surface area contributed by atoms with Gasteiger partial charge in [0.1, 0.15) is 12.6 Å². The molecule has 0 bridgehead atoms. The van der Waals surface area contributed by atoms with Gasteiger partial charge in [0.05, 0.1) is 11.6 Å². The maximum absolute atomic E-state index is 11.9. The Morgan fingerprint density at radius 3 is 2.35 bits per heavy atom. The van der Waals surface area contributed by atoms with E-state index in [-0.39, 0.29) is 18.4 Å². The van der Waals surface area contributed by atoms with Gasteiger partial charge in [0.2, 0.25) is 5.91 Å². The van der Waals surface area contributed by atoms with E-state index in [1.54, 1.807) is 24.3 Å². The molecule has 1 rings (SSSR count). The molecule has 0 fully saturated rings. The van der Waals surface area contributed by atoms with Crippen molar-refractivity contribution in [2.24, 2.45) is 5.92 Å². The largest absolute Gasteiger partial charge is 0.459 e. The van der Waals surface area contributed by atoms with Crippen molar-refractivity contribution in [2.45, 2.75) is 33.4 Å². The molecule has 0 heterocycles. The Morgan fingerprint density at radius 2 is 1.90 bits per heavy atom. The van der Waals surface area contributed by atoms with Gasteiger partial charge in [0, 0.05) is 6.92 Å². The molecule has 1 aromatic rings. The Balaban J connectivity index is 2.60. The number of esters is 1. The monoisotopic (exact) mass is 274 g/mol. The Hall–Kier alpha value is -2.35. The van der Waals surface area contributed by atoms with Gasteiger partial charge in [-0.15, -0.1) is 0 Å². The van der Waals surface area contributed by atoms with Crippen LogP contribution in [0.2, 0.25) is 0 Å². The number of benzene rings is 1. The topological polar surface area (TPSA) is 79.2 Å². The number of carbonyl (C=O) groups is 2. The van der Waals surface area contributed by atoms with E-state index in [1.807, 2.05) is 19.9 Å². The van der Waals surface area contributed by atoms with E-state index in [0.717, 1.165) is 5.56 Å². The van der Waals surface area contributed by atoms with Crippen LogP contribution in [-0.4, -0.2) is 17.9 Å². The van der Waals surface area contributed by atoms with Crippen molar-refractivity contribution in [2.75, 3.05) is 0 Å². The third-order valence-corrected chi connectivity index (χ3v) is 2.74. The van der Waals surface area contributed by atoms with Gasteiger partial charge in [-0.1, -0.05) is 26.0 Å². The van der Waals surface area contributed by atoms with Crippen LogP contribution in [0.15, 0.2) is 24.3 Å². The SMILES string of the molecule is CC(=O)N[C@H](C(=O)OCc1ccc(C#N)cc1)C(C)C. The smallest absolute Gasteiger partial charge is 0.329 e. The van der Waals surface area contributed by atoms with Crippen LogP contribution >= 0.6 is 0 Å². The van der Waals surface area contributed by atoms with Crippen molar-refractivity contribution in [3.8, 4) is 6.07 Å². The molecule has 0 aromatic heterocycles. The van der Waals surface area contributed by atoms with Crippen molar-refractivity contribution in [1.82, 2.24) is 5.32 Å². The summed E-state index contributed by atoms with van der Waals surface area (Å²) in [6.07, 6.45) is 0. The van der Waals surface area contributed by atoms with Crippen LogP contribution in [0.5, 0.6) is 0 Å². The number of nitrogens with one attached hydrogen (secondary N) is 1. The van der Waals surface area contributed by atoms with Gasteiger partial charge in [0.25, 0.3) is 0 Å². The molecule has 5 nitrogen and oxygen atoms in total. The van der Waals surface area contributed by atoms with E-state index in [4.69, 9.17) is 10.00 Å². The molecule has 0 aliphatic carbocycles. The van der Waals surface area contributed by atoms with E-state index in [0.29, 0.717) is 5.56 Å². The highest BCUT2D eigenvalue weighted by atomic mass is 16.5. The molecule has 5 heteroatoms. The first-order chi connectivity index (χ1) is 9.43. The van der Waals surface area contributed by atoms with E-state index >= 15 is 0 Å². The highest BCUT2D eigenvalue weighted by Crippen LogP contribution is 2.08. The zero-order valence-electron chi connectivity index (χ0n) is 11.8. The number of hydrogen-bond donors (Lipinski definition) is 1. The number of nitriles is 1. The molecule has 1 amide bonds. The average Bonchev–Trinajstić information content (AvgIpc) is 2.42. The molecule has 0 aliphatic heterocycles. The summed E-state index contributed by atoms with van der Waals surface area (Å²) in [4.78, 5) is 23.0. The highest BCUT2D eigenvalue weighted by molar-refractivity contribution is 5.83. The van der Waals surface area contributed by atoms with Crippen molar-refractivity contribution >= 4 is 11.9 Å². The first-order valence-corrected chi connectivity index (χ1v) is 6.36. The lowest BCUT2D eigenvalue weighted by Crippen LogP contribution is -2.44. The fourth-order valence-electron chi connectivity index (χ4n) is 1.64. The maximum atomic E-state index is 11.9. The molecule has 1 atom stereocenters. The van der Waals surface area contributed by atoms with E-state index in [2.05, 4.69) is 5.32 Å². The lowest BCUT2D eigenvalue weighted by atomic mass is 10.0. The summed E-state index contributed by atoms with van der Waals surface area (Å²) in [5.74, 6) is -0.772. The predicted octanol–water partition coefficient (Wildman–Crippen LogP) is 1.76. The van der Waals surface area contributed by atoms with E-state index in [1.165, 1.54) is 6.92 Å². The molecule has 0 unspecified atom stereocenters. The van der Waals surface area contributed by atoms with Gasteiger partial charge in [-0.2, -0.15) is 5.26 Å². The zero-order valence-corrected chi connectivity index (χ0v) is 11.8. The van der Waals surface area contributed by atoms with Crippen LogP contribution in [-0.2, 0) is 20.9 Å².